The van der Waals surface area contributed by atoms with Gasteiger partial charge in [0.1, 0.15) is 10.3 Å². The van der Waals surface area contributed by atoms with E-state index in [1.165, 1.54) is 0 Å². The molecule has 2 nitrogen and oxygen atoms in total. The molecule has 0 amide bonds. The third-order valence-corrected chi connectivity index (χ3v) is 3.25. The van der Waals surface area contributed by atoms with E-state index in [0.29, 0.717) is 15.3 Å². The van der Waals surface area contributed by atoms with Crippen molar-refractivity contribution in [3.63, 3.8) is 0 Å². The number of halogens is 3. The summed E-state index contributed by atoms with van der Waals surface area (Å²) in [6, 6.07) is 7.25. The van der Waals surface area contributed by atoms with Crippen molar-refractivity contribution in [2.75, 3.05) is 0 Å². The fraction of sp³-hybridized carbons (Fsp3) is 0. The minimum atomic E-state index is 0.378. The Labute approximate surface area is 112 Å². The number of pyridine rings is 2. The van der Waals surface area contributed by atoms with Gasteiger partial charge in [0.05, 0.1) is 10.5 Å². The topological polar surface area (TPSA) is 25.8 Å². The molecule has 0 aliphatic carbocycles. The van der Waals surface area contributed by atoms with Crippen LogP contribution < -0.4 is 0 Å². The molecular weight excluding hydrogens is 279 g/mol. The largest absolute Gasteiger partial charge is 0.244 e. The molecule has 0 fully saturated rings. The van der Waals surface area contributed by atoms with Gasteiger partial charge in [0.2, 0.25) is 0 Å². The van der Waals surface area contributed by atoms with E-state index >= 15 is 0 Å². The van der Waals surface area contributed by atoms with Gasteiger partial charge in [0, 0.05) is 17.0 Å². The number of fused-ring (bicyclic) bond motifs is 2. The number of hydrogen-bond acceptors (Lipinski definition) is 2. The van der Waals surface area contributed by atoms with Gasteiger partial charge in [0.25, 0.3) is 0 Å². The molecule has 0 N–H and O–H groups in total. The molecule has 0 saturated heterocycles. The Bertz CT molecular complexity index is 740. The third kappa shape index (κ3) is 1.93. The Hall–Kier alpha value is -1.09. The molecule has 0 spiro atoms. The summed E-state index contributed by atoms with van der Waals surface area (Å²) in [4.78, 5) is 8.26. The van der Waals surface area contributed by atoms with Crippen LogP contribution in [0.5, 0.6) is 0 Å². The summed E-state index contributed by atoms with van der Waals surface area (Å²) in [5.74, 6) is 0. The van der Waals surface area contributed by atoms with E-state index < -0.39 is 0 Å². The first-order valence-electron chi connectivity index (χ1n) is 4.84. The summed E-state index contributed by atoms with van der Waals surface area (Å²) in [6.07, 6.45) is 1.70. The first-order chi connectivity index (χ1) is 8.13. The van der Waals surface area contributed by atoms with Crippen molar-refractivity contribution in [2.45, 2.75) is 0 Å². The van der Waals surface area contributed by atoms with Crippen molar-refractivity contribution < 1.29 is 0 Å². The highest BCUT2D eigenvalue weighted by Gasteiger charge is 2.05. The van der Waals surface area contributed by atoms with Crippen LogP contribution in [0, 0.1) is 0 Å². The van der Waals surface area contributed by atoms with Crippen molar-refractivity contribution in [3.8, 4) is 0 Å². The fourth-order valence-corrected chi connectivity index (χ4v) is 2.45. The van der Waals surface area contributed by atoms with E-state index in [1.54, 1.807) is 18.3 Å². The molecule has 0 atom stereocenters. The van der Waals surface area contributed by atoms with Gasteiger partial charge in [0.15, 0.2) is 0 Å². The maximum absolute atomic E-state index is 6.13. The van der Waals surface area contributed by atoms with Crippen molar-refractivity contribution in [2.24, 2.45) is 0 Å². The highest BCUT2D eigenvalue weighted by Crippen LogP contribution is 2.29. The average molecular weight is 284 g/mol. The smallest absolute Gasteiger partial charge is 0.131 e. The maximum Gasteiger partial charge on any atom is 0.131 e. The zero-order valence-electron chi connectivity index (χ0n) is 8.42. The lowest BCUT2D eigenvalue weighted by Crippen LogP contribution is -1.84. The van der Waals surface area contributed by atoms with E-state index in [0.717, 1.165) is 21.7 Å². The minimum Gasteiger partial charge on any atom is -0.244 e. The van der Waals surface area contributed by atoms with Crippen LogP contribution in [0.3, 0.4) is 0 Å². The quantitative estimate of drug-likeness (QED) is 0.440. The molecule has 84 valence electrons. The number of benzene rings is 1. The average Bonchev–Trinajstić information content (AvgIpc) is 2.27. The molecule has 17 heavy (non-hydrogen) atoms. The molecule has 0 aliphatic rings. The summed E-state index contributed by atoms with van der Waals surface area (Å²) in [6.45, 7) is 0. The van der Waals surface area contributed by atoms with E-state index in [-0.39, 0.29) is 0 Å². The molecule has 0 unspecified atom stereocenters. The Balaban J connectivity index is 2.48. The number of aromatic nitrogens is 2. The lowest BCUT2D eigenvalue weighted by Gasteiger charge is -2.04. The van der Waals surface area contributed by atoms with Crippen LogP contribution in [0.25, 0.3) is 21.7 Å². The second-order valence-corrected chi connectivity index (χ2v) is 4.83. The molecular formula is C12H5Cl3N2. The lowest BCUT2D eigenvalue weighted by molar-refractivity contribution is 1.36. The summed E-state index contributed by atoms with van der Waals surface area (Å²) in [5.41, 5.74) is 0.749. The molecule has 2 heterocycles. The van der Waals surface area contributed by atoms with Gasteiger partial charge >= 0.3 is 0 Å². The minimum absolute atomic E-state index is 0.378. The van der Waals surface area contributed by atoms with Gasteiger partial charge in [-0.05, 0) is 29.7 Å². The van der Waals surface area contributed by atoms with Gasteiger partial charge in [-0.25, -0.2) is 9.97 Å². The second kappa shape index (κ2) is 3.98. The number of rotatable bonds is 0. The number of hydrogen-bond donors (Lipinski definition) is 0. The van der Waals surface area contributed by atoms with Crippen LogP contribution in [0.15, 0.2) is 30.5 Å². The van der Waals surface area contributed by atoms with Crippen LogP contribution in [-0.4, -0.2) is 9.97 Å². The molecule has 3 rings (SSSR count). The Morgan fingerprint density at radius 3 is 2.47 bits per heavy atom. The maximum atomic E-state index is 6.13. The highest BCUT2D eigenvalue weighted by atomic mass is 35.5. The van der Waals surface area contributed by atoms with E-state index in [2.05, 4.69) is 9.97 Å². The molecule has 3 aromatic rings. The third-order valence-electron chi connectivity index (χ3n) is 2.53. The van der Waals surface area contributed by atoms with Crippen LogP contribution in [-0.2, 0) is 0 Å². The fourth-order valence-electron chi connectivity index (χ4n) is 1.77. The van der Waals surface area contributed by atoms with Crippen LogP contribution in [0.4, 0.5) is 0 Å². The highest BCUT2D eigenvalue weighted by molar-refractivity contribution is 6.38. The molecule has 0 saturated carbocycles. The van der Waals surface area contributed by atoms with Gasteiger partial charge in [-0.3, -0.25) is 0 Å². The molecule has 0 aliphatic heterocycles. The SMILES string of the molecule is Clc1cc2cc3c(Cl)cc(Cl)nc3cc2cn1. The monoisotopic (exact) mass is 282 g/mol. The first-order valence-corrected chi connectivity index (χ1v) is 5.98. The van der Waals surface area contributed by atoms with Crippen molar-refractivity contribution in [3.05, 3.63) is 45.8 Å². The summed E-state index contributed by atoms with van der Waals surface area (Å²) in [7, 11) is 0. The van der Waals surface area contributed by atoms with E-state index in [1.807, 2.05) is 12.1 Å². The first kappa shape index (κ1) is 11.0. The zero-order chi connectivity index (χ0) is 12.0. The van der Waals surface area contributed by atoms with Gasteiger partial charge < -0.3 is 0 Å². The standard InChI is InChI=1S/C12H5Cl3N2/c13-9-4-12(15)17-10-2-7-5-16-11(14)3-6(7)1-8(9)10/h1-5H. The van der Waals surface area contributed by atoms with Crippen molar-refractivity contribution >= 4 is 56.5 Å². The normalized spacial score (nSPS) is 11.2. The van der Waals surface area contributed by atoms with Crippen LogP contribution >= 0.6 is 34.8 Å². The molecule has 0 bridgehead atoms. The predicted octanol–water partition coefficient (Wildman–Crippen LogP) is 4.74. The van der Waals surface area contributed by atoms with Crippen molar-refractivity contribution in [1.82, 2.24) is 9.97 Å². The molecule has 0 radical (unpaired) electrons. The Kier molecular flexibility index (Phi) is 2.58. The van der Waals surface area contributed by atoms with Crippen LogP contribution in [0.2, 0.25) is 15.3 Å². The second-order valence-electron chi connectivity index (χ2n) is 3.65. The summed E-state index contributed by atoms with van der Waals surface area (Å²) < 4.78 is 0. The lowest BCUT2D eigenvalue weighted by atomic mass is 10.1. The van der Waals surface area contributed by atoms with Crippen LogP contribution in [0.1, 0.15) is 0 Å². The molecule has 2 aromatic heterocycles. The summed E-state index contributed by atoms with van der Waals surface area (Å²) in [5, 5.41) is 4.19. The van der Waals surface area contributed by atoms with E-state index in [9.17, 15) is 0 Å². The Morgan fingerprint density at radius 2 is 1.65 bits per heavy atom. The molecule has 5 heteroatoms. The van der Waals surface area contributed by atoms with Crippen molar-refractivity contribution in [1.29, 1.82) is 0 Å². The zero-order valence-corrected chi connectivity index (χ0v) is 10.7. The molecule has 1 aromatic carbocycles. The van der Waals surface area contributed by atoms with Gasteiger partial charge in [-0.2, -0.15) is 0 Å². The summed E-state index contributed by atoms with van der Waals surface area (Å²) >= 11 is 17.9. The number of nitrogens with zero attached hydrogens (tertiary/aromatic N) is 2. The van der Waals surface area contributed by atoms with Gasteiger partial charge in [-0.1, -0.05) is 34.8 Å². The van der Waals surface area contributed by atoms with Gasteiger partial charge in [-0.15, -0.1) is 0 Å². The Morgan fingerprint density at radius 1 is 0.824 bits per heavy atom. The van der Waals surface area contributed by atoms with E-state index in [4.69, 9.17) is 34.8 Å². The predicted molar refractivity (Wildman–Crippen MR) is 72.1 cm³/mol.